The molecule has 2 heteroatoms. The van der Waals surface area contributed by atoms with Crippen LogP contribution in [-0.2, 0) is 0 Å². The smallest absolute Gasteiger partial charge is 0.0332 e. The lowest BCUT2D eigenvalue weighted by Gasteiger charge is -2.27. The minimum atomic E-state index is 0.479. The van der Waals surface area contributed by atoms with Crippen LogP contribution in [-0.4, -0.2) is 31.1 Å². The van der Waals surface area contributed by atoms with Gasteiger partial charge in [-0.2, -0.15) is 0 Å². The molecule has 2 nitrogen and oxygen atoms in total. The maximum atomic E-state index is 3.63. The van der Waals surface area contributed by atoms with E-state index in [9.17, 15) is 0 Å². The third kappa shape index (κ3) is 6.62. The van der Waals surface area contributed by atoms with Crippen molar-refractivity contribution in [3.05, 3.63) is 35.9 Å². The molecule has 1 aromatic rings. The summed E-state index contributed by atoms with van der Waals surface area (Å²) in [6, 6.07) is 11.3. The predicted octanol–water partition coefficient (Wildman–Crippen LogP) is 4.49. The number of rotatable bonds is 11. The summed E-state index contributed by atoms with van der Waals surface area (Å²) in [5.74, 6) is 0.847. The molecule has 120 valence electrons. The standard InChI is InChI=1S/C19H34N2/c1-5-17(6-2)16-21(8-4)15-14-19(20-7-3)18-12-10-9-11-13-18/h9-13,17,19-20H,5-8,14-16H2,1-4H3. The van der Waals surface area contributed by atoms with Gasteiger partial charge in [0.15, 0.2) is 0 Å². The average Bonchev–Trinajstić information content (AvgIpc) is 2.55. The molecule has 0 aliphatic rings. The molecule has 1 unspecified atom stereocenters. The lowest BCUT2D eigenvalue weighted by Crippen LogP contribution is -2.33. The molecule has 0 heterocycles. The van der Waals surface area contributed by atoms with Gasteiger partial charge in [-0.1, -0.05) is 70.9 Å². The van der Waals surface area contributed by atoms with Crippen molar-refractivity contribution in [2.45, 2.75) is 53.0 Å². The van der Waals surface area contributed by atoms with E-state index in [1.54, 1.807) is 0 Å². The molecule has 0 spiro atoms. The van der Waals surface area contributed by atoms with Gasteiger partial charge in [0.2, 0.25) is 0 Å². The highest BCUT2D eigenvalue weighted by molar-refractivity contribution is 5.18. The minimum absolute atomic E-state index is 0.479. The number of hydrogen-bond donors (Lipinski definition) is 1. The molecule has 1 aromatic carbocycles. The quantitative estimate of drug-likeness (QED) is 0.646. The predicted molar refractivity (Wildman–Crippen MR) is 93.7 cm³/mol. The number of hydrogen-bond acceptors (Lipinski definition) is 2. The molecule has 0 saturated carbocycles. The molecule has 21 heavy (non-hydrogen) atoms. The van der Waals surface area contributed by atoms with Gasteiger partial charge in [0.25, 0.3) is 0 Å². The van der Waals surface area contributed by atoms with Crippen molar-refractivity contribution < 1.29 is 0 Å². The second kappa shape index (κ2) is 10.8. The van der Waals surface area contributed by atoms with E-state index in [2.05, 4.69) is 68.2 Å². The number of nitrogens with zero attached hydrogens (tertiary/aromatic N) is 1. The van der Waals surface area contributed by atoms with Crippen LogP contribution in [0.4, 0.5) is 0 Å². The summed E-state index contributed by atoms with van der Waals surface area (Å²) in [7, 11) is 0. The summed E-state index contributed by atoms with van der Waals surface area (Å²) in [6.07, 6.45) is 3.77. The zero-order valence-electron chi connectivity index (χ0n) is 14.4. The van der Waals surface area contributed by atoms with Gasteiger partial charge in [-0.15, -0.1) is 0 Å². The van der Waals surface area contributed by atoms with Crippen LogP contribution in [0.25, 0.3) is 0 Å². The first-order valence-electron chi connectivity index (χ1n) is 8.75. The Hall–Kier alpha value is -0.860. The molecule has 0 bridgehead atoms. The Kier molecular flexibility index (Phi) is 9.36. The van der Waals surface area contributed by atoms with Crippen molar-refractivity contribution in [3.63, 3.8) is 0 Å². The summed E-state index contributed by atoms with van der Waals surface area (Å²) < 4.78 is 0. The molecule has 1 rings (SSSR count). The molecule has 1 atom stereocenters. The van der Waals surface area contributed by atoms with Crippen LogP contribution < -0.4 is 5.32 Å². The van der Waals surface area contributed by atoms with Gasteiger partial charge in [0, 0.05) is 12.6 Å². The monoisotopic (exact) mass is 290 g/mol. The molecule has 0 aliphatic carbocycles. The Morgan fingerprint density at radius 2 is 1.67 bits per heavy atom. The highest BCUT2D eigenvalue weighted by atomic mass is 15.1. The van der Waals surface area contributed by atoms with Crippen molar-refractivity contribution in [1.82, 2.24) is 10.2 Å². The van der Waals surface area contributed by atoms with E-state index in [0.29, 0.717) is 6.04 Å². The summed E-state index contributed by atoms with van der Waals surface area (Å²) in [4.78, 5) is 2.62. The second-order valence-electron chi connectivity index (χ2n) is 5.89. The first kappa shape index (κ1) is 18.2. The van der Waals surface area contributed by atoms with E-state index in [1.165, 1.54) is 37.9 Å². The van der Waals surface area contributed by atoms with E-state index in [0.717, 1.165) is 19.0 Å². The SMILES string of the molecule is CCNC(CCN(CC)CC(CC)CC)c1ccccc1. The highest BCUT2D eigenvalue weighted by Gasteiger charge is 2.14. The van der Waals surface area contributed by atoms with Crippen LogP contribution in [0.1, 0.15) is 58.6 Å². The van der Waals surface area contributed by atoms with E-state index >= 15 is 0 Å². The summed E-state index contributed by atoms with van der Waals surface area (Å²) >= 11 is 0. The lowest BCUT2D eigenvalue weighted by atomic mass is 10.0. The van der Waals surface area contributed by atoms with E-state index in [1.807, 2.05) is 0 Å². The molecule has 0 aromatic heterocycles. The minimum Gasteiger partial charge on any atom is -0.310 e. The fourth-order valence-electron chi connectivity index (χ4n) is 2.92. The maximum Gasteiger partial charge on any atom is 0.0332 e. The zero-order chi connectivity index (χ0) is 15.5. The van der Waals surface area contributed by atoms with E-state index in [-0.39, 0.29) is 0 Å². The fraction of sp³-hybridized carbons (Fsp3) is 0.684. The van der Waals surface area contributed by atoms with Crippen LogP contribution in [0.5, 0.6) is 0 Å². The van der Waals surface area contributed by atoms with Crippen molar-refractivity contribution >= 4 is 0 Å². The third-order valence-corrected chi connectivity index (χ3v) is 4.50. The van der Waals surface area contributed by atoms with Crippen molar-refractivity contribution in [2.24, 2.45) is 5.92 Å². The summed E-state index contributed by atoms with van der Waals surface area (Å²) in [5, 5.41) is 3.63. The van der Waals surface area contributed by atoms with E-state index in [4.69, 9.17) is 0 Å². The highest BCUT2D eigenvalue weighted by Crippen LogP contribution is 2.18. The Morgan fingerprint density at radius 1 is 1.00 bits per heavy atom. The van der Waals surface area contributed by atoms with Crippen LogP contribution in [0.15, 0.2) is 30.3 Å². The summed E-state index contributed by atoms with van der Waals surface area (Å²) in [6.45, 7) is 13.7. The molecule has 0 aliphatic heterocycles. The van der Waals surface area contributed by atoms with Gasteiger partial charge in [-0.05, 0) is 37.5 Å². The van der Waals surface area contributed by atoms with Gasteiger partial charge < -0.3 is 10.2 Å². The molecule has 0 saturated heterocycles. The molecule has 0 amide bonds. The Bertz CT molecular complexity index is 346. The number of nitrogens with one attached hydrogen (secondary N) is 1. The average molecular weight is 290 g/mol. The normalized spacial score (nSPS) is 13.0. The Balaban J connectivity index is 2.54. The zero-order valence-corrected chi connectivity index (χ0v) is 14.4. The van der Waals surface area contributed by atoms with Crippen molar-refractivity contribution in [3.8, 4) is 0 Å². The Morgan fingerprint density at radius 3 is 2.19 bits per heavy atom. The third-order valence-electron chi connectivity index (χ3n) is 4.50. The molecule has 0 radical (unpaired) electrons. The van der Waals surface area contributed by atoms with Crippen molar-refractivity contribution in [2.75, 3.05) is 26.2 Å². The first-order valence-corrected chi connectivity index (χ1v) is 8.75. The number of benzene rings is 1. The van der Waals surface area contributed by atoms with Crippen LogP contribution in [0, 0.1) is 5.92 Å². The Labute approximate surface area is 131 Å². The maximum absolute atomic E-state index is 3.63. The molecular weight excluding hydrogens is 256 g/mol. The van der Waals surface area contributed by atoms with Gasteiger partial charge in [-0.25, -0.2) is 0 Å². The fourth-order valence-corrected chi connectivity index (χ4v) is 2.92. The second-order valence-corrected chi connectivity index (χ2v) is 5.89. The van der Waals surface area contributed by atoms with Crippen molar-refractivity contribution in [1.29, 1.82) is 0 Å². The lowest BCUT2D eigenvalue weighted by molar-refractivity contribution is 0.222. The van der Waals surface area contributed by atoms with Crippen LogP contribution in [0.2, 0.25) is 0 Å². The topological polar surface area (TPSA) is 15.3 Å². The van der Waals surface area contributed by atoms with Gasteiger partial charge in [-0.3, -0.25) is 0 Å². The van der Waals surface area contributed by atoms with Gasteiger partial charge in [0.05, 0.1) is 0 Å². The van der Waals surface area contributed by atoms with Crippen LogP contribution >= 0.6 is 0 Å². The van der Waals surface area contributed by atoms with Gasteiger partial charge >= 0.3 is 0 Å². The molecule has 1 N–H and O–H groups in total. The van der Waals surface area contributed by atoms with Gasteiger partial charge in [0.1, 0.15) is 0 Å². The first-order chi connectivity index (χ1) is 10.2. The largest absolute Gasteiger partial charge is 0.310 e. The van der Waals surface area contributed by atoms with E-state index < -0.39 is 0 Å². The summed E-state index contributed by atoms with van der Waals surface area (Å²) in [5.41, 5.74) is 1.41. The molecule has 0 fully saturated rings. The molecular formula is C19H34N2. The van der Waals surface area contributed by atoms with Crippen LogP contribution in [0.3, 0.4) is 0 Å².